The van der Waals surface area contributed by atoms with Crippen LogP contribution in [0.15, 0.2) is 12.2 Å². The van der Waals surface area contributed by atoms with E-state index in [1.165, 1.54) is 173 Å². The van der Waals surface area contributed by atoms with Gasteiger partial charge in [0.2, 0.25) is 5.91 Å². The number of allylic oxidation sites excluding steroid dienone is 1. The second-order valence-electron chi connectivity index (χ2n) is 20.0. The molecule has 1 aliphatic heterocycles. The number of unbranched alkanes of at least 4 members (excludes halogenated alkanes) is 35. The third kappa shape index (κ3) is 36.9. The predicted molar refractivity (Wildman–Crippen MR) is 274 cm³/mol. The molecule has 0 bridgehead atoms. The van der Waals surface area contributed by atoms with Crippen LogP contribution in [0.25, 0.3) is 0 Å². The maximum absolute atomic E-state index is 13.0. The van der Waals surface area contributed by atoms with Crippen LogP contribution in [0.1, 0.15) is 271 Å². The van der Waals surface area contributed by atoms with E-state index in [0.717, 1.165) is 70.6 Å². The molecule has 7 atom stereocenters. The average molecular weight is 954 g/mol. The van der Waals surface area contributed by atoms with Crippen molar-refractivity contribution in [2.45, 2.75) is 314 Å². The molecule has 67 heavy (non-hydrogen) atoms. The Morgan fingerprint density at radius 3 is 1.39 bits per heavy atom. The zero-order valence-corrected chi connectivity index (χ0v) is 43.4. The second kappa shape index (κ2) is 46.8. The van der Waals surface area contributed by atoms with Gasteiger partial charge in [-0.25, -0.2) is 0 Å². The highest BCUT2D eigenvalue weighted by molar-refractivity contribution is 5.76. The summed E-state index contributed by atoms with van der Waals surface area (Å²) < 4.78 is 16.7. The largest absolute Gasteiger partial charge is 0.466 e. The molecule has 1 amide bonds. The third-order valence-electron chi connectivity index (χ3n) is 13.7. The average Bonchev–Trinajstić information content (AvgIpc) is 3.32. The van der Waals surface area contributed by atoms with Gasteiger partial charge in [0.05, 0.1) is 32.0 Å². The van der Waals surface area contributed by atoms with Crippen molar-refractivity contribution in [2.24, 2.45) is 0 Å². The van der Waals surface area contributed by atoms with E-state index < -0.39 is 49.5 Å². The standard InChI is InChI=1S/C56H107NO10/c1-3-5-7-9-11-13-15-19-23-26-30-34-38-42-49(59)48(47-66-56-55(64)54(63)53(62)50(46-58)67-56)57-51(60)43-39-35-31-27-24-20-17-16-18-21-25-29-33-37-41-45-65-52(61)44-40-36-32-28-22-14-12-10-8-6-4-2/h38,42,48-50,53-56,58-59,62-64H,3-37,39-41,43-47H2,1-2H3,(H,57,60)/b42-38+. The maximum Gasteiger partial charge on any atom is 0.305 e. The summed E-state index contributed by atoms with van der Waals surface area (Å²) in [5.74, 6) is -0.207. The summed E-state index contributed by atoms with van der Waals surface area (Å²) in [6.07, 6.45) is 42.8. The molecule has 0 aromatic rings. The summed E-state index contributed by atoms with van der Waals surface area (Å²) in [7, 11) is 0. The first-order valence-corrected chi connectivity index (χ1v) is 28.5. The topological polar surface area (TPSA) is 175 Å². The lowest BCUT2D eigenvalue weighted by molar-refractivity contribution is -0.302. The van der Waals surface area contributed by atoms with E-state index in [1.807, 2.05) is 6.08 Å². The van der Waals surface area contributed by atoms with E-state index in [2.05, 4.69) is 19.2 Å². The lowest BCUT2D eigenvalue weighted by Gasteiger charge is -2.40. The van der Waals surface area contributed by atoms with E-state index in [-0.39, 0.29) is 18.5 Å². The number of aliphatic hydroxyl groups is 5. The van der Waals surface area contributed by atoms with Gasteiger partial charge < -0.3 is 45.1 Å². The summed E-state index contributed by atoms with van der Waals surface area (Å²) in [4.78, 5) is 25.0. The molecule has 396 valence electrons. The molecule has 6 N–H and O–H groups in total. The van der Waals surface area contributed by atoms with Crippen LogP contribution in [0, 0.1) is 0 Å². The molecule has 1 fully saturated rings. The van der Waals surface area contributed by atoms with Crippen molar-refractivity contribution in [1.82, 2.24) is 5.32 Å². The van der Waals surface area contributed by atoms with Gasteiger partial charge in [0.25, 0.3) is 0 Å². The number of carbonyl (C=O) groups excluding carboxylic acids is 2. The number of hydrogen-bond donors (Lipinski definition) is 6. The molecule has 0 aromatic heterocycles. The molecule has 0 saturated carbocycles. The highest BCUT2D eigenvalue weighted by atomic mass is 16.7. The number of nitrogens with one attached hydrogen (secondary N) is 1. The zero-order valence-electron chi connectivity index (χ0n) is 43.4. The highest BCUT2D eigenvalue weighted by Gasteiger charge is 2.44. The lowest BCUT2D eigenvalue weighted by Crippen LogP contribution is -2.60. The van der Waals surface area contributed by atoms with Gasteiger partial charge in [-0.2, -0.15) is 0 Å². The number of aliphatic hydroxyl groups excluding tert-OH is 5. The number of carbonyl (C=O) groups is 2. The Bertz CT molecular complexity index is 1120. The van der Waals surface area contributed by atoms with Crippen LogP contribution in [-0.2, 0) is 23.8 Å². The quantitative estimate of drug-likeness (QED) is 0.0196. The maximum atomic E-state index is 13.0. The number of rotatable bonds is 49. The van der Waals surface area contributed by atoms with Crippen molar-refractivity contribution >= 4 is 11.9 Å². The molecule has 0 aliphatic carbocycles. The van der Waals surface area contributed by atoms with Crippen LogP contribution in [0.4, 0.5) is 0 Å². The predicted octanol–water partition coefficient (Wildman–Crippen LogP) is 12.4. The van der Waals surface area contributed by atoms with Gasteiger partial charge in [0.15, 0.2) is 6.29 Å². The van der Waals surface area contributed by atoms with E-state index in [0.29, 0.717) is 19.4 Å². The third-order valence-corrected chi connectivity index (χ3v) is 13.7. The van der Waals surface area contributed by atoms with Crippen LogP contribution >= 0.6 is 0 Å². The molecule has 1 heterocycles. The Morgan fingerprint density at radius 2 is 0.940 bits per heavy atom. The van der Waals surface area contributed by atoms with Crippen molar-refractivity contribution in [1.29, 1.82) is 0 Å². The van der Waals surface area contributed by atoms with Crippen molar-refractivity contribution in [3.8, 4) is 0 Å². The van der Waals surface area contributed by atoms with E-state index in [4.69, 9.17) is 14.2 Å². The normalized spacial score (nSPS) is 19.5. The van der Waals surface area contributed by atoms with Gasteiger partial charge in [-0.3, -0.25) is 9.59 Å². The molecule has 0 radical (unpaired) electrons. The smallest absolute Gasteiger partial charge is 0.305 e. The van der Waals surface area contributed by atoms with Crippen molar-refractivity contribution < 1.29 is 49.3 Å². The van der Waals surface area contributed by atoms with E-state index >= 15 is 0 Å². The van der Waals surface area contributed by atoms with Gasteiger partial charge in [-0.15, -0.1) is 0 Å². The van der Waals surface area contributed by atoms with Crippen LogP contribution in [0.5, 0.6) is 0 Å². The van der Waals surface area contributed by atoms with Crippen molar-refractivity contribution in [3.05, 3.63) is 12.2 Å². The fourth-order valence-electron chi connectivity index (χ4n) is 9.08. The summed E-state index contributed by atoms with van der Waals surface area (Å²) in [5, 5.41) is 54.3. The lowest BCUT2D eigenvalue weighted by atomic mass is 9.99. The number of esters is 1. The van der Waals surface area contributed by atoms with Crippen molar-refractivity contribution in [3.63, 3.8) is 0 Å². The van der Waals surface area contributed by atoms with Crippen molar-refractivity contribution in [2.75, 3.05) is 19.8 Å². The van der Waals surface area contributed by atoms with Crippen LogP contribution in [0.3, 0.4) is 0 Å². The Morgan fingerprint density at radius 1 is 0.537 bits per heavy atom. The first kappa shape index (κ1) is 63.4. The van der Waals surface area contributed by atoms with Crippen LogP contribution in [0.2, 0.25) is 0 Å². The molecule has 0 aromatic carbocycles. The van der Waals surface area contributed by atoms with Gasteiger partial charge >= 0.3 is 5.97 Å². The molecule has 0 spiro atoms. The minimum Gasteiger partial charge on any atom is -0.466 e. The molecular weight excluding hydrogens is 847 g/mol. The molecular formula is C56H107NO10. The molecule has 11 heteroatoms. The summed E-state index contributed by atoms with van der Waals surface area (Å²) >= 11 is 0. The fraction of sp³-hybridized carbons (Fsp3) is 0.929. The van der Waals surface area contributed by atoms with Crippen LogP contribution < -0.4 is 5.32 Å². The van der Waals surface area contributed by atoms with Gasteiger partial charge in [-0.05, 0) is 32.1 Å². The first-order valence-electron chi connectivity index (χ1n) is 28.5. The Hall–Kier alpha value is -1.60. The Balaban J connectivity index is 2.14. The van der Waals surface area contributed by atoms with E-state index in [1.54, 1.807) is 6.08 Å². The molecule has 7 unspecified atom stereocenters. The Kier molecular flexibility index (Phi) is 44.3. The van der Waals surface area contributed by atoms with Gasteiger partial charge in [0.1, 0.15) is 24.4 Å². The fourth-order valence-corrected chi connectivity index (χ4v) is 9.08. The minimum atomic E-state index is -1.57. The molecule has 1 aliphatic rings. The van der Waals surface area contributed by atoms with Gasteiger partial charge in [-0.1, -0.05) is 238 Å². The first-order chi connectivity index (χ1) is 32.7. The number of ether oxygens (including phenoxy) is 3. The molecule has 11 nitrogen and oxygen atoms in total. The van der Waals surface area contributed by atoms with Crippen LogP contribution in [-0.4, -0.2) is 100 Å². The summed E-state index contributed by atoms with van der Waals surface area (Å²) in [5.41, 5.74) is 0. The summed E-state index contributed by atoms with van der Waals surface area (Å²) in [6, 6.07) is -0.815. The minimum absolute atomic E-state index is 0.0185. The summed E-state index contributed by atoms with van der Waals surface area (Å²) in [6.45, 7) is 4.32. The van der Waals surface area contributed by atoms with Gasteiger partial charge in [0, 0.05) is 12.8 Å². The highest BCUT2D eigenvalue weighted by Crippen LogP contribution is 2.23. The van der Waals surface area contributed by atoms with E-state index in [9.17, 15) is 35.1 Å². The monoisotopic (exact) mass is 954 g/mol. The SMILES string of the molecule is CCCCCCCCCCCCC/C=C/C(O)C(COC1OC(CO)C(O)C(O)C1O)NC(=O)CCCCCCCCCCCCCCCCCOC(=O)CCCCCCCCCCCCC. The number of amides is 1. The zero-order chi connectivity index (χ0) is 48.8. The molecule has 1 rings (SSSR count). The molecule has 1 saturated heterocycles. The second-order valence-corrected chi connectivity index (χ2v) is 20.0. The Labute approximate surface area is 410 Å². The number of hydrogen-bond acceptors (Lipinski definition) is 10.